The van der Waals surface area contributed by atoms with Gasteiger partial charge in [0.05, 0.1) is 18.4 Å². The zero-order valence-electron chi connectivity index (χ0n) is 7.62. The summed E-state index contributed by atoms with van der Waals surface area (Å²) in [6, 6.07) is 0. The second-order valence-corrected chi connectivity index (χ2v) is 3.09. The third-order valence-corrected chi connectivity index (χ3v) is 2.07. The molecule has 1 aliphatic heterocycles. The van der Waals surface area contributed by atoms with Crippen molar-refractivity contribution in [3.8, 4) is 0 Å². The van der Waals surface area contributed by atoms with Crippen LogP contribution in [0.15, 0.2) is 18.0 Å². The first-order valence-corrected chi connectivity index (χ1v) is 4.45. The van der Waals surface area contributed by atoms with Crippen molar-refractivity contribution in [2.45, 2.75) is 12.8 Å². The van der Waals surface area contributed by atoms with Crippen LogP contribution in [-0.2, 0) is 4.74 Å². The molecule has 0 amide bonds. The molecule has 0 saturated heterocycles. The number of anilines is 1. The maximum absolute atomic E-state index is 11.7. The van der Waals surface area contributed by atoms with Crippen LogP contribution in [0.1, 0.15) is 23.2 Å². The van der Waals surface area contributed by atoms with Gasteiger partial charge in [-0.1, -0.05) is 0 Å². The van der Waals surface area contributed by atoms with E-state index >= 15 is 0 Å². The molecule has 1 aromatic rings. The molecule has 5 nitrogen and oxygen atoms in total. The van der Waals surface area contributed by atoms with Crippen LogP contribution >= 0.6 is 0 Å². The summed E-state index contributed by atoms with van der Waals surface area (Å²) in [4.78, 5) is 11.7. The highest BCUT2D eigenvalue weighted by Gasteiger charge is 2.19. The van der Waals surface area contributed by atoms with Gasteiger partial charge in [0.2, 0.25) is 5.78 Å². The number of nitrogen functional groups attached to an aromatic ring is 1. The Morgan fingerprint density at radius 3 is 3.07 bits per heavy atom. The lowest BCUT2D eigenvalue weighted by Crippen LogP contribution is -2.12. The Hall–Kier alpha value is -1.78. The number of carbonyl (C=O) groups excluding carboxylic acids is 1. The molecule has 0 aromatic carbocycles. The molecule has 2 rings (SSSR count). The van der Waals surface area contributed by atoms with E-state index in [1.54, 1.807) is 6.08 Å². The Morgan fingerprint density at radius 2 is 2.50 bits per heavy atom. The fourth-order valence-electron chi connectivity index (χ4n) is 1.33. The molecule has 74 valence electrons. The van der Waals surface area contributed by atoms with Gasteiger partial charge in [0.15, 0.2) is 5.76 Å². The predicted octanol–water partition coefficient (Wildman–Crippen LogP) is 0.869. The minimum Gasteiger partial charge on any atom is -0.490 e. The van der Waals surface area contributed by atoms with Crippen LogP contribution in [0.2, 0.25) is 0 Å². The van der Waals surface area contributed by atoms with Gasteiger partial charge in [0.1, 0.15) is 5.82 Å². The smallest absolute Gasteiger partial charge is 0.232 e. The van der Waals surface area contributed by atoms with Gasteiger partial charge in [-0.05, 0) is 18.9 Å². The number of hydrogen-bond acceptors (Lipinski definition) is 4. The lowest BCUT2D eigenvalue weighted by Gasteiger charge is -2.12. The highest BCUT2D eigenvalue weighted by atomic mass is 16.5. The molecule has 0 spiro atoms. The number of aromatic nitrogens is 2. The molecule has 1 aromatic heterocycles. The van der Waals surface area contributed by atoms with Crippen molar-refractivity contribution in [3.63, 3.8) is 0 Å². The number of H-pyrrole nitrogens is 1. The third-order valence-electron chi connectivity index (χ3n) is 2.07. The van der Waals surface area contributed by atoms with Crippen molar-refractivity contribution >= 4 is 11.6 Å². The van der Waals surface area contributed by atoms with E-state index in [1.807, 2.05) is 0 Å². The fourth-order valence-corrected chi connectivity index (χ4v) is 1.33. The highest BCUT2D eigenvalue weighted by molar-refractivity contribution is 6.10. The first kappa shape index (κ1) is 8.80. The Kier molecular flexibility index (Phi) is 2.22. The van der Waals surface area contributed by atoms with Crippen molar-refractivity contribution in [3.05, 3.63) is 23.6 Å². The van der Waals surface area contributed by atoms with Crippen molar-refractivity contribution < 1.29 is 9.53 Å². The lowest BCUT2D eigenvalue weighted by atomic mass is 10.1. The molecule has 0 saturated carbocycles. The summed E-state index contributed by atoms with van der Waals surface area (Å²) in [7, 11) is 0. The molecule has 0 aliphatic carbocycles. The van der Waals surface area contributed by atoms with Crippen molar-refractivity contribution in [2.75, 3.05) is 12.3 Å². The highest BCUT2D eigenvalue weighted by Crippen LogP contribution is 2.17. The molecule has 0 unspecified atom stereocenters. The number of aromatic amines is 1. The number of ether oxygens (including phenoxy) is 1. The number of nitrogens with one attached hydrogen (secondary N) is 1. The molecule has 2 heterocycles. The van der Waals surface area contributed by atoms with Crippen molar-refractivity contribution in [1.29, 1.82) is 0 Å². The summed E-state index contributed by atoms with van der Waals surface area (Å²) >= 11 is 0. The van der Waals surface area contributed by atoms with E-state index in [0.29, 0.717) is 17.9 Å². The lowest BCUT2D eigenvalue weighted by molar-refractivity contribution is 0.0900. The standard InChI is InChI=1S/C9H11N3O2/c10-9-6(5-11-12-9)8(13)7-3-1-2-4-14-7/h3,5H,1-2,4H2,(H3,10,11,12). The molecular formula is C9H11N3O2. The van der Waals surface area contributed by atoms with Gasteiger partial charge in [-0.2, -0.15) is 5.10 Å². The molecule has 3 N–H and O–H groups in total. The second kappa shape index (κ2) is 3.53. The van der Waals surface area contributed by atoms with Gasteiger partial charge in [-0.15, -0.1) is 0 Å². The SMILES string of the molecule is Nc1[nH]ncc1C(=O)C1=CCCCO1. The largest absolute Gasteiger partial charge is 0.490 e. The van der Waals surface area contributed by atoms with Crippen LogP contribution in [0.3, 0.4) is 0 Å². The van der Waals surface area contributed by atoms with Crippen molar-refractivity contribution in [2.24, 2.45) is 0 Å². The van der Waals surface area contributed by atoms with Gasteiger partial charge in [0.25, 0.3) is 0 Å². The van der Waals surface area contributed by atoms with Gasteiger partial charge in [0, 0.05) is 0 Å². The van der Waals surface area contributed by atoms with E-state index in [0.717, 1.165) is 12.8 Å². The number of hydrogen-bond donors (Lipinski definition) is 2. The van der Waals surface area contributed by atoms with Gasteiger partial charge >= 0.3 is 0 Å². The number of Topliss-reactive ketones (excluding diaryl/α,β-unsaturated/α-hetero) is 1. The Balaban J connectivity index is 2.23. The number of nitrogens with zero attached hydrogens (tertiary/aromatic N) is 1. The number of carbonyl (C=O) groups is 1. The fraction of sp³-hybridized carbons (Fsp3) is 0.333. The molecule has 0 fully saturated rings. The Bertz CT molecular complexity index is 381. The molecule has 0 atom stereocenters. The van der Waals surface area contributed by atoms with Crippen LogP contribution in [-0.4, -0.2) is 22.6 Å². The van der Waals surface area contributed by atoms with E-state index in [1.165, 1.54) is 6.20 Å². The normalized spacial score (nSPS) is 15.9. The monoisotopic (exact) mass is 193 g/mol. The zero-order valence-corrected chi connectivity index (χ0v) is 7.62. The molecule has 14 heavy (non-hydrogen) atoms. The average Bonchev–Trinajstić information content (AvgIpc) is 2.65. The average molecular weight is 193 g/mol. The van der Waals surface area contributed by atoms with Crippen LogP contribution in [0.5, 0.6) is 0 Å². The molecular weight excluding hydrogens is 182 g/mol. The molecule has 5 heteroatoms. The van der Waals surface area contributed by atoms with Gasteiger partial charge in [-0.25, -0.2) is 0 Å². The first-order chi connectivity index (χ1) is 6.79. The summed E-state index contributed by atoms with van der Waals surface area (Å²) in [5, 5.41) is 6.20. The van der Waals surface area contributed by atoms with Gasteiger partial charge in [-0.3, -0.25) is 9.89 Å². The number of ketones is 1. The molecule has 0 radical (unpaired) electrons. The van der Waals surface area contributed by atoms with Crippen LogP contribution < -0.4 is 5.73 Å². The van der Waals surface area contributed by atoms with Crippen LogP contribution in [0.25, 0.3) is 0 Å². The molecule has 0 bridgehead atoms. The summed E-state index contributed by atoms with van der Waals surface area (Å²) < 4.78 is 5.23. The predicted molar refractivity (Wildman–Crippen MR) is 50.6 cm³/mol. The van der Waals surface area contributed by atoms with Crippen LogP contribution in [0.4, 0.5) is 5.82 Å². The summed E-state index contributed by atoms with van der Waals surface area (Å²) in [6.07, 6.45) is 5.03. The number of nitrogens with two attached hydrogens (primary N) is 1. The zero-order chi connectivity index (χ0) is 9.97. The minimum absolute atomic E-state index is 0.198. The maximum Gasteiger partial charge on any atom is 0.232 e. The quantitative estimate of drug-likeness (QED) is 0.683. The van der Waals surface area contributed by atoms with E-state index < -0.39 is 0 Å². The van der Waals surface area contributed by atoms with Gasteiger partial charge < -0.3 is 10.5 Å². The van der Waals surface area contributed by atoms with E-state index in [4.69, 9.17) is 10.5 Å². The van der Waals surface area contributed by atoms with E-state index in [2.05, 4.69) is 10.2 Å². The first-order valence-electron chi connectivity index (χ1n) is 4.45. The Morgan fingerprint density at radius 1 is 1.64 bits per heavy atom. The second-order valence-electron chi connectivity index (χ2n) is 3.09. The third kappa shape index (κ3) is 1.48. The summed E-state index contributed by atoms with van der Waals surface area (Å²) in [5.41, 5.74) is 5.90. The number of allylic oxidation sites excluding steroid dienone is 2. The van der Waals surface area contributed by atoms with E-state index in [-0.39, 0.29) is 11.6 Å². The van der Waals surface area contributed by atoms with Crippen LogP contribution in [0, 0.1) is 0 Å². The minimum atomic E-state index is -0.198. The van der Waals surface area contributed by atoms with Crippen molar-refractivity contribution in [1.82, 2.24) is 10.2 Å². The molecule has 1 aliphatic rings. The maximum atomic E-state index is 11.7. The Labute approximate surface area is 80.9 Å². The van der Waals surface area contributed by atoms with E-state index in [9.17, 15) is 4.79 Å². The topological polar surface area (TPSA) is 81.0 Å². The number of rotatable bonds is 2. The summed E-state index contributed by atoms with van der Waals surface area (Å²) in [6.45, 7) is 0.593. The summed E-state index contributed by atoms with van der Waals surface area (Å²) in [5.74, 6) is 0.463.